The van der Waals surface area contributed by atoms with Crippen LogP contribution >= 0.6 is 19.4 Å². The Balaban J connectivity index is 0.000000233. The smallest absolute Gasteiger partial charge is 0.0282 e. The Hall–Kier alpha value is -1.87. The van der Waals surface area contributed by atoms with Crippen LogP contribution in [0.2, 0.25) is 0 Å². The second-order valence-electron chi connectivity index (χ2n) is 10.6. The van der Waals surface area contributed by atoms with E-state index in [-0.39, 0.29) is 17.2 Å². The van der Waals surface area contributed by atoms with Crippen LogP contribution in [0.3, 0.4) is 0 Å². The van der Waals surface area contributed by atoms with Crippen molar-refractivity contribution in [1.82, 2.24) is 0 Å². The van der Waals surface area contributed by atoms with Gasteiger partial charge in [0.05, 0.1) is 0 Å². The molecule has 1 saturated heterocycles. The van der Waals surface area contributed by atoms with Crippen molar-refractivity contribution >= 4 is 35.4 Å². The fraction of sp³-hybridized carbons (Fsp3) is 0.355. The Labute approximate surface area is 236 Å². The number of aromatic hydroxyl groups is 1. The molecule has 0 saturated carbocycles. The van der Waals surface area contributed by atoms with Crippen LogP contribution in [0.15, 0.2) is 72.8 Å². The van der Waals surface area contributed by atoms with Gasteiger partial charge in [-0.25, -0.2) is 0 Å². The molecule has 1 aliphatic rings. The molecular weight excluding hydrogens is 588 g/mol. The molecule has 0 spiro atoms. The van der Waals surface area contributed by atoms with Crippen LogP contribution in [0.4, 0.5) is 11.4 Å². The van der Waals surface area contributed by atoms with Gasteiger partial charge in [0.15, 0.2) is 0 Å². The molecule has 1 aliphatic heterocycles. The molecule has 3 nitrogen and oxygen atoms in total. The minimum Gasteiger partial charge on any atom is -0.497 e. The summed E-state index contributed by atoms with van der Waals surface area (Å²) < 4.78 is 6.41. The molecule has 37 heavy (non-hydrogen) atoms. The molecule has 4 rings (SSSR count). The number of hydrogen-bond acceptors (Lipinski definition) is 2. The number of rotatable bonds is 5. The number of ether oxygens (including phenoxy) is 1. The summed E-state index contributed by atoms with van der Waals surface area (Å²) in [6.45, 7) is 20.1. The molecule has 0 unspecified atom stereocenters. The van der Waals surface area contributed by atoms with Gasteiger partial charge in [0.25, 0.3) is 0 Å². The van der Waals surface area contributed by atoms with E-state index in [1.54, 1.807) is 0 Å². The van der Waals surface area contributed by atoms with Gasteiger partial charge in [-0.2, -0.15) is 6.67 Å². The first-order valence-electron chi connectivity index (χ1n) is 12.5. The second kappa shape index (κ2) is 12.3. The van der Waals surface area contributed by atoms with Gasteiger partial charge in [0, 0.05) is 22.5 Å². The van der Waals surface area contributed by atoms with Crippen molar-refractivity contribution in [3.05, 3.63) is 96.2 Å². The first-order chi connectivity index (χ1) is 17.4. The van der Waals surface area contributed by atoms with Crippen LogP contribution in [0, 0.1) is 20.5 Å². The number of anilines is 2. The van der Waals surface area contributed by atoms with Gasteiger partial charge < -0.3 is 9.80 Å². The molecule has 1 fully saturated rings. The van der Waals surface area contributed by atoms with E-state index < -0.39 is 13.5 Å². The predicted octanol–water partition coefficient (Wildman–Crippen LogP) is 8.72. The van der Waals surface area contributed by atoms with E-state index in [1.165, 1.54) is 22.5 Å². The topological polar surface area (TPSA) is 19.3 Å². The average molecular weight is 629 g/mol. The van der Waals surface area contributed by atoms with Gasteiger partial charge in [-0.3, -0.25) is 0 Å². The average Bonchev–Trinajstić information content (AvgIpc) is 3.00. The molecule has 0 aliphatic carbocycles. The van der Waals surface area contributed by atoms with E-state index in [2.05, 4.69) is 111 Å². The molecule has 202 valence electrons. The van der Waals surface area contributed by atoms with Gasteiger partial charge in [0.2, 0.25) is 0 Å². The minimum absolute atomic E-state index is 0.0264. The number of nitrogens with zero attached hydrogens (tertiary/aromatic N) is 2. The zero-order chi connectivity index (χ0) is 27.4. The summed E-state index contributed by atoms with van der Waals surface area (Å²) in [5.74, 6) is 0.975. The summed E-state index contributed by atoms with van der Waals surface area (Å²) in [5.41, 5.74) is 6.16. The Morgan fingerprint density at radius 3 is 1.62 bits per heavy atom. The maximum absolute atomic E-state index is 5.83. The number of para-hydroxylation sites is 3. The van der Waals surface area contributed by atoms with E-state index in [1.807, 2.05) is 42.7 Å². The van der Waals surface area contributed by atoms with Crippen LogP contribution in [0.1, 0.15) is 58.2 Å². The number of aryl methyl sites for hydroxylation is 2. The first-order valence-corrected chi connectivity index (χ1v) is 18.0. The molecule has 0 amide bonds. The molecule has 1 N–H and O–H groups in total. The van der Waals surface area contributed by atoms with Gasteiger partial charge in [0.1, 0.15) is 0 Å². The summed E-state index contributed by atoms with van der Waals surface area (Å²) in [4.78, 5) is 4.85. The molecule has 0 bridgehead atoms. The van der Waals surface area contributed by atoms with Crippen molar-refractivity contribution in [1.29, 1.82) is 0 Å². The van der Waals surface area contributed by atoms with E-state index in [9.17, 15) is 0 Å². The van der Waals surface area contributed by atoms with Crippen molar-refractivity contribution < 1.29 is 18.3 Å². The zero-order valence-electron chi connectivity index (χ0n) is 23.1. The SMILES string of the molecule is CC(C)[OH+]c1ccccc1[CH]=[Ru]([Cl])[Cl].Cc1ccccc1N1[CH-]N(c2ccccc2C)C(C)(C)C1(C)C. The van der Waals surface area contributed by atoms with E-state index >= 15 is 0 Å². The third-order valence-electron chi connectivity index (χ3n) is 7.20. The molecule has 0 atom stereocenters. The standard InChI is InChI=1S/C21H27N2.C10H12O.2ClH.Ru/c1-16-11-7-9-13-18(16)22-15-23(21(5,6)20(22,3)4)19-14-10-8-12-17(19)2;1-8(2)11-10-7-5-4-6-9(10)3;;;/h7-15H,1-6H3;3-8H,1-2H3;2*1H;/q-1;;;;+2/p-1. The first kappa shape index (κ1) is 29.7. The summed E-state index contributed by atoms with van der Waals surface area (Å²) in [6, 6.07) is 25.2. The van der Waals surface area contributed by atoms with Gasteiger partial charge >= 0.3 is 97.8 Å². The van der Waals surface area contributed by atoms with Crippen LogP contribution in [0.5, 0.6) is 5.75 Å². The van der Waals surface area contributed by atoms with E-state index in [0.29, 0.717) is 0 Å². The summed E-state index contributed by atoms with van der Waals surface area (Å²) in [5, 5.41) is 0. The number of hydrogen-bond donors (Lipinski definition) is 0. The summed E-state index contributed by atoms with van der Waals surface area (Å²) >= 11 is -1.75. The van der Waals surface area contributed by atoms with Gasteiger partial charge in [-0.05, 0) is 64.8 Å². The molecule has 3 aromatic rings. The molecule has 0 aromatic heterocycles. The van der Waals surface area contributed by atoms with Crippen molar-refractivity contribution in [3.63, 3.8) is 0 Å². The quantitative estimate of drug-likeness (QED) is 0.160. The molecule has 1 heterocycles. The molecule has 0 radical (unpaired) electrons. The van der Waals surface area contributed by atoms with E-state index in [0.717, 1.165) is 11.3 Å². The maximum Gasteiger partial charge on any atom is 0.0282 e. The van der Waals surface area contributed by atoms with Crippen molar-refractivity contribution in [2.24, 2.45) is 0 Å². The van der Waals surface area contributed by atoms with Crippen molar-refractivity contribution in [2.75, 3.05) is 9.80 Å². The number of halogens is 2. The second-order valence-corrected chi connectivity index (χ2v) is 16.4. The van der Waals surface area contributed by atoms with Gasteiger partial charge in [-0.1, -0.05) is 36.4 Å². The number of benzene rings is 3. The Bertz CT molecular complexity index is 1170. The Morgan fingerprint density at radius 2 is 1.19 bits per heavy atom. The summed E-state index contributed by atoms with van der Waals surface area (Å²) in [7, 11) is 11.7. The third kappa shape index (κ3) is 6.77. The zero-order valence-corrected chi connectivity index (χ0v) is 26.4. The third-order valence-corrected chi connectivity index (χ3v) is 9.04. The predicted molar refractivity (Wildman–Crippen MR) is 160 cm³/mol. The van der Waals surface area contributed by atoms with Crippen molar-refractivity contribution in [2.45, 2.75) is 72.6 Å². The van der Waals surface area contributed by atoms with Gasteiger partial charge in [-0.15, -0.1) is 0 Å². The van der Waals surface area contributed by atoms with Crippen LogP contribution in [0.25, 0.3) is 0 Å². The largest absolute Gasteiger partial charge is 0.497 e. The number of aliphatic hydroxyl groups is 1. The Kier molecular flexibility index (Phi) is 9.89. The molecule has 6 heteroatoms. The molecule has 3 aromatic carbocycles. The Morgan fingerprint density at radius 1 is 0.757 bits per heavy atom. The van der Waals surface area contributed by atoms with Crippen LogP contribution < -0.4 is 9.80 Å². The minimum atomic E-state index is -1.75. The maximum atomic E-state index is 5.83. The van der Waals surface area contributed by atoms with E-state index in [4.69, 9.17) is 19.4 Å². The molecular formula is C31H40Cl2N2ORu. The van der Waals surface area contributed by atoms with Crippen LogP contribution in [-0.2, 0) is 13.5 Å². The monoisotopic (exact) mass is 628 g/mol. The fourth-order valence-corrected chi connectivity index (χ4v) is 6.26. The van der Waals surface area contributed by atoms with Crippen LogP contribution in [-0.4, -0.2) is 26.5 Å². The fourth-order valence-electron chi connectivity index (χ4n) is 4.44. The van der Waals surface area contributed by atoms with Crippen molar-refractivity contribution in [3.8, 4) is 5.75 Å². The summed E-state index contributed by atoms with van der Waals surface area (Å²) in [6.07, 6.45) is 0.288. The normalized spacial score (nSPS) is 16.2.